The molecule has 1 N–H and O–H groups in total. The molecule has 0 aliphatic carbocycles. The first-order valence-electron chi connectivity index (χ1n) is 11.9. The number of rotatable bonds is 7. The zero-order chi connectivity index (χ0) is 26.1. The highest BCUT2D eigenvalue weighted by atomic mass is 35.5. The number of nitrogens with zero attached hydrogens (tertiary/aromatic N) is 5. The minimum atomic E-state index is -0.379. The third-order valence-corrected chi connectivity index (χ3v) is 6.27. The van der Waals surface area contributed by atoms with E-state index < -0.39 is 0 Å². The average molecular weight is 517 g/mol. The highest BCUT2D eigenvalue weighted by Crippen LogP contribution is 2.32. The van der Waals surface area contributed by atoms with Crippen molar-refractivity contribution < 1.29 is 9.13 Å². The summed E-state index contributed by atoms with van der Waals surface area (Å²) in [6.07, 6.45) is 3.43. The van der Waals surface area contributed by atoms with Crippen LogP contribution in [-0.2, 0) is 6.61 Å². The van der Waals surface area contributed by atoms with Crippen LogP contribution in [0.1, 0.15) is 37.0 Å². The second-order valence-corrected chi connectivity index (χ2v) is 9.46. The minimum Gasteiger partial charge on any atom is -0.486 e. The van der Waals surface area contributed by atoms with Crippen LogP contribution in [0.3, 0.4) is 0 Å². The molecule has 0 fully saturated rings. The first kappa shape index (κ1) is 24.6. The highest BCUT2D eigenvalue weighted by molar-refractivity contribution is 6.32. The second kappa shape index (κ2) is 10.1. The van der Waals surface area contributed by atoms with E-state index in [9.17, 15) is 0 Å². The zero-order valence-electron chi connectivity index (χ0n) is 21.0. The monoisotopic (exact) mass is 516 g/mol. The van der Waals surface area contributed by atoms with Gasteiger partial charge in [0, 0.05) is 29.7 Å². The molecule has 0 saturated heterocycles. The van der Waals surface area contributed by atoms with Crippen molar-refractivity contribution in [3.05, 3.63) is 88.8 Å². The van der Waals surface area contributed by atoms with Crippen molar-refractivity contribution in [1.82, 2.24) is 24.5 Å². The van der Waals surface area contributed by atoms with Gasteiger partial charge < -0.3 is 14.6 Å². The van der Waals surface area contributed by atoms with Crippen LogP contribution in [0.15, 0.2) is 60.9 Å². The quantitative estimate of drug-likeness (QED) is 0.246. The van der Waals surface area contributed by atoms with Gasteiger partial charge in [-0.2, -0.15) is 0 Å². The number of imidazole rings is 1. The molecule has 5 rings (SSSR count). The molecule has 0 radical (unpaired) electrons. The topological polar surface area (TPSA) is 77.8 Å². The number of benzene rings is 2. The van der Waals surface area contributed by atoms with Gasteiger partial charge in [-0.3, -0.25) is 4.98 Å². The Bertz CT molecular complexity index is 1590. The highest BCUT2D eigenvalue weighted by Gasteiger charge is 2.17. The van der Waals surface area contributed by atoms with Gasteiger partial charge >= 0.3 is 0 Å². The SMILES string of the molecule is Cc1cnc(Nc2ccc(OCc3ccccn3)c(Cl)c2)nc1-c1cc(F)c2nc(C)n(C(C)C)c2c1. The Hall–Kier alpha value is -4.04. The molecule has 0 amide bonds. The fourth-order valence-electron chi connectivity index (χ4n) is 4.31. The van der Waals surface area contributed by atoms with Gasteiger partial charge in [-0.1, -0.05) is 17.7 Å². The minimum absolute atomic E-state index is 0.143. The molecule has 9 heteroatoms. The Morgan fingerprint density at radius 1 is 1.05 bits per heavy atom. The van der Waals surface area contributed by atoms with Crippen LogP contribution in [0.25, 0.3) is 22.3 Å². The van der Waals surface area contributed by atoms with Crippen LogP contribution in [0.5, 0.6) is 5.75 Å². The summed E-state index contributed by atoms with van der Waals surface area (Å²) in [6, 6.07) is 14.6. The number of pyridine rings is 1. The van der Waals surface area contributed by atoms with Gasteiger partial charge in [-0.05, 0) is 75.7 Å². The van der Waals surface area contributed by atoms with E-state index in [0.29, 0.717) is 45.8 Å². The summed E-state index contributed by atoms with van der Waals surface area (Å²) < 4.78 is 22.9. The van der Waals surface area contributed by atoms with E-state index in [0.717, 1.165) is 22.6 Å². The summed E-state index contributed by atoms with van der Waals surface area (Å²) in [4.78, 5) is 17.8. The second-order valence-electron chi connectivity index (χ2n) is 9.05. The average Bonchev–Trinajstić information content (AvgIpc) is 3.22. The van der Waals surface area contributed by atoms with E-state index in [1.54, 1.807) is 24.5 Å². The summed E-state index contributed by atoms with van der Waals surface area (Å²) in [5, 5.41) is 3.63. The molecule has 3 aromatic heterocycles. The van der Waals surface area contributed by atoms with Gasteiger partial charge in [0.2, 0.25) is 5.95 Å². The molecule has 5 aromatic rings. The van der Waals surface area contributed by atoms with Crippen molar-refractivity contribution in [3.63, 3.8) is 0 Å². The number of nitrogens with one attached hydrogen (secondary N) is 1. The number of aryl methyl sites for hydroxylation is 2. The zero-order valence-corrected chi connectivity index (χ0v) is 21.7. The fourth-order valence-corrected chi connectivity index (χ4v) is 4.55. The summed E-state index contributed by atoms with van der Waals surface area (Å²) in [5.41, 5.74) is 4.72. The lowest BCUT2D eigenvalue weighted by molar-refractivity contribution is 0.301. The lowest BCUT2D eigenvalue weighted by Crippen LogP contribution is -2.03. The molecule has 0 bridgehead atoms. The normalized spacial score (nSPS) is 11.3. The fraction of sp³-hybridized carbons (Fsp3) is 0.214. The van der Waals surface area contributed by atoms with E-state index in [2.05, 4.69) is 34.1 Å². The van der Waals surface area contributed by atoms with Crippen LogP contribution in [0, 0.1) is 19.7 Å². The number of halogens is 2. The number of anilines is 2. The lowest BCUT2D eigenvalue weighted by Gasteiger charge is -2.13. The van der Waals surface area contributed by atoms with Crippen molar-refractivity contribution in [1.29, 1.82) is 0 Å². The van der Waals surface area contributed by atoms with E-state index in [4.69, 9.17) is 21.3 Å². The third kappa shape index (κ3) is 5.11. The van der Waals surface area contributed by atoms with E-state index >= 15 is 4.39 Å². The van der Waals surface area contributed by atoms with Gasteiger partial charge in [-0.25, -0.2) is 19.3 Å². The summed E-state index contributed by atoms with van der Waals surface area (Å²) in [5.74, 6) is 1.31. The smallest absolute Gasteiger partial charge is 0.227 e. The van der Waals surface area contributed by atoms with E-state index in [1.165, 1.54) is 6.07 Å². The number of hydrogen-bond acceptors (Lipinski definition) is 6. The maximum Gasteiger partial charge on any atom is 0.227 e. The molecule has 2 aromatic carbocycles. The van der Waals surface area contributed by atoms with Crippen LogP contribution in [0.4, 0.5) is 16.0 Å². The largest absolute Gasteiger partial charge is 0.486 e. The molecule has 0 atom stereocenters. The first-order chi connectivity index (χ1) is 17.8. The molecule has 0 spiro atoms. The van der Waals surface area contributed by atoms with Gasteiger partial charge in [0.25, 0.3) is 0 Å². The predicted molar refractivity (Wildman–Crippen MR) is 144 cm³/mol. The standard InChI is InChI=1S/C28H26ClFN6O/c1-16(2)36-18(4)33-27-23(30)11-19(12-24(27)36)26-17(3)14-32-28(35-26)34-20-8-9-25(22(29)13-20)37-15-21-7-5-6-10-31-21/h5-14,16H,15H2,1-4H3,(H,32,34,35). The van der Waals surface area contributed by atoms with Gasteiger partial charge in [0.05, 0.1) is 21.9 Å². The van der Waals surface area contributed by atoms with Crippen LogP contribution < -0.4 is 10.1 Å². The van der Waals surface area contributed by atoms with E-state index in [1.807, 2.05) is 48.7 Å². The van der Waals surface area contributed by atoms with Crippen molar-refractivity contribution >= 4 is 34.3 Å². The van der Waals surface area contributed by atoms with Crippen LogP contribution >= 0.6 is 11.6 Å². The molecule has 0 aliphatic heterocycles. The van der Waals surface area contributed by atoms with Crippen molar-refractivity contribution in [2.45, 2.75) is 40.3 Å². The number of ether oxygens (including phenoxy) is 1. The molecule has 0 aliphatic rings. The Labute approximate surface area is 219 Å². The maximum atomic E-state index is 15.1. The molecular weight excluding hydrogens is 491 g/mol. The molecule has 0 unspecified atom stereocenters. The Kier molecular flexibility index (Phi) is 6.76. The molecule has 37 heavy (non-hydrogen) atoms. The Morgan fingerprint density at radius 3 is 2.62 bits per heavy atom. The molecule has 188 valence electrons. The van der Waals surface area contributed by atoms with Crippen molar-refractivity contribution in [2.75, 3.05) is 5.32 Å². The number of aromatic nitrogens is 5. The third-order valence-electron chi connectivity index (χ3n) is 5.98. The Balaban J connectivity index is 1.41. The summed E-state index contributed by atoms with van der Waals surface area (Å²) in [7, 11) is 0. The Morgan fingerprint density at radius 2 is 1.89 bits per heavy atom. The van der Waals surface area contributed by atoms with Crippen LogP contribution in [-0.4, -0.2) is 24.5 Å². The summed E-state index contributed by atoms with van der Waals surface area (Å²) in [6.45, 7) is 8.20. The van der Waals surface area contributed by atoms with Gasteiger partial charge in [0.15, 0.2) is 5.82 Å². The van der Waals surface area contributed by atoms with Crippen molar-refractivity contribution in [3.8, 4) is 17.0 Å². The summed E-state index contributed by atoms with van der Waals surface area (Å²) >= 11 is 6.45. The van der Waals surface area contributed by atoms with Crippen LogP contribution in [0.2, 0.25) is 5.02 Å². The number of hydrogen-bond donors (Lipinski definition) is 1. The molecule has 3 heterocycles. The maximum absolute atomic E-state index is 15.1. The van der Waals surface area contributed by atoms with Gasteiger partial charge in [-0.15, -0.1) is 0 Å². The molecule has 0 saturated carbocycles. The van der Waals surface area contributed by atoms with Gasteiger partial charge in [0.1, 0.15) is 23.7 Å². The number of fused-ring (bicyclic) bond motifs is 1. The first-order valence-corrected chi connectivity index (χ1v) is 12.3. The van der Waals surface area contributed by atoms with E-state index in [-0.39, 0.29) is 11.9 Å². The molecule has 7 nitrogen and oxygen atoms in total. The van der Waals surface area contributed by atoms with Crippen molar-refractivity contribution in [2.24, 2.45) is 0 Å². The predicted octanol–water partition coefficient (Wildman–Crippen LogP) is 7.20. The lowest BCUT2D eigenvalue weighted by atomic mass is 10.1. The molecular formula is C28H26ClFN6O.